The van der Waals surface area contributed by atoms with Crippen LogP contribution in [0, 0.1) is 13.8 Å². The van der Waals surface area contributed by atoms with E-state index in [2.05, 4.69) is 32.5 Å². The summed E-state index contributed by atoms with van der Waals surface area (Å²) in [5.74, 6) is 3.48. The smallest absolute Gasteiger partial charge is 0.194 e. The van der Waals surface area contributed by atoms with Crippen molar-refractivity contribution in [3.63, 3.8) is 0 Å². The molecule has 0 bridgehead atoms. The van der Waals surface area contributed by atoms with Gasteiger partial charge in [-0.1, -0.05) is 30.3 Å². The lowest BCUT2D eigenvalue weighted by Crippen LogP contribution is -2.38. The van der Waals surface area contributed by atoms with Gasteiger partial charge in [-0.15, -0.1) is 10.2 Å². The van der Waals surface area contributed by atoms with Gasteiger partial charge in [0.15, 0.2) is 11.8 Å². The predicted molar refractivity (Wildman–Crippen MR) is 105 cm³/mol. The van der Waals surface area contributed by atoms with Gasteiger partial charge in [0.1, 0.15) is 11.6 Å². The maximum absolute atomic E-state index is 5.41. The van der Waals surface area contributed by atoms with Crippen LogP contribution >= 0.6 is 0 Å². The maximum atomic E-state index is 5.41. The molecule has 0 amide bonds. The lowest BCUT2D eigenvalue weighted by atomic mass is 10.2. The number of aryl methyl sites for hydroxylation is 2. The molecule has 3 rings (SSSR count). The molecule has 0 aliphatic carbocycles. The molecular formula is C20H26N6O. The third kappa shape index (κ3) is 4.75. The summed E-state index contributed by atoms with van der Waals surface area (Å²) in [6.45, 7) is 5.78. The molecule has 0 spiro atoms. The molecule has 0 atom stereocenters. The Kier molecular flexibility index (Phi) is 5.90. The van der Waals surface area contributed by atoms with Gasteiger partial charge >= 0.3 is 0 Å². The number of aliphatic imine (C=N–C) groups is 1. The molecule has 3 aromatic rings. The monoisotopic (exact) mass is 366 g/mol. The van der Waals surface area contributed by atoms with E-state index in [4.69, 9.17) is 9.41 Å². The average Bonchev–Trinajstić information content (AvgIpc) is 3.22. The van der Waals surface area contributed by atoms with Crippen LogP contribution in [0.1, 0.15) is 28.5 Å². The van der Waals surface area contributed by atoms with Crippen LogP contribution in [-0.2, 0) is 26.7 Å². The molecular weight excluding hydrogens is 340 g/mol. The second kappa shape index (κ2) is 8.53. The molecule has 1 aromatic carbocycles. The predicted octanol–water partition coefficient (Wildman–Crippen LogP) is 2.80. The van der Waals surface area contributed by atoms with Crippen LogP contribution in [-0.4, -0.2) is 32.7 Å². The molecule has 0 aliphatic rings. The maximum Gasteiger partial charge on any atom is 0.194 e. The fourth-order valence-electron chi connectivity index (χ4n) is 2.73. The van der Waals surface area contributed by atoms with E-state index in [-0.39, 0.29) is 0 Å². The standard InChI is InChI=1S/C20H26N6O/c1-15-18(10-11-27-15)14-25(3)20(21-12-17-8-6-5-7-9-17)22-13-19-24-23-16(2)26(19)4/h5-11H,12-14H2,1-4H3,(H,21,22). The van der Waals surface area contributed by atoms with Gasteiger partial charge in [-0.05, 0) is 25.5 Å². The van der Waals surface area contributed by atoms with Gasteiger partial charge in [0.05, 0.1) is 19.4 Å². The molecule has 7 nitrogen and oxygen atoms in total. The van der Waals surface area contributed by atoms with Gasteiger partial charge in [0.2, 0.25) is 0 Å². The van der Waals surface area contributed by atoms with Crippen LogP contribution in [0.4, 0.5) is 0 Å². The highest BCUT2D eigenvalue weighted by Crippen LogP contribution is 2.11. The third-order valence-electron chi connectivity index (χ3n) is 4.58. The van der Waals surface area contributed by atoms with Gasteiger partial charge < -0.3 is 19.2 Å². The highest BCUT2D eigenvalue weighted by Gasteiger charge is 2.12. The van der Waals surface area contributed by atoms with Gasteiger partial charge in [-0.3, -0.25) is 0 Å². The number of benzene rings is 1. The fraction of sp³-hybridized carbons (Fsp3) is 0.350. The molecule has 27 heavy (non-hydrogen) atoms. The fourth-order valence-corrected chi connectivity index (χ4v) is 2.73. The number of guanidine groups is 1. The van der Waals surface area contributed by atoms with Crippen molar-refractivity contribution in [3.8, 4) is 0 Å². The van der Waals surface area contributed by atoms with Gasteiger partial charge in [0, 0.05) is 26.2 Å². The van der Waals surface area contributed by atoms with Crippen LogP contribution in [0.2, 0.25) is 0 Å². The van der Waals surface area contributed by atoms with Crippen molar-refractivity contribution in [2.24, 2.45) is 12.0 Å². The van der Waals surface area contributed by atoms with E-state index in [9.17, 15) is 0 Å². The SMILES string of the molecule is Cc1occc1CN(C)C(=NCc1ccccc1)NCc1nnc(C)n1C. The average molecular weight is 366 g/mol. The number of aromatic nitrogens is 3. The Balaban J connectivity index is 1.74. The van der Waals surface area contributed by atoms with Crippen LogP contribution in [0.5, 0.6) is 0 Å². The minimum absolute atomic E-state index is 0.555. The molecule has 2 heterocycles. The molecule has 7 heteroatoms. The summed E-state index contributed by atoms with van der Waals surface area (Å²) in [5.41, 5.74) is 2.31. The molecule has 0 saturated carbocycles. The van der Waals surface area contributed by atoms with Crippen molar-refractivity contribution in [1.82, 2.24) is 25.0 Å². The Morgan fingerprint density at radius 1 is 1.19 bits per heavy atom. The zero-order valence-electron chi connectivity index (χ0n) is 16.3. The van der Waals surface area contributed by atoms with Crippen molar-refractivity contribution >= 4 is 5.96 Å². The van der Waals surface area contributed by atoms with Crippen molar-refractivity contribution in [3.05, 3.63) is 71.2 Å². The van der Waals surface area contributed by atoms with Crippen LogP contribution < -0.4 is 5.32 Å². The van der Waals surface area contributed by atoms with Gasteiger partial charge in [0.25, 0.3) is 0 Å². The summed E-state index contributed by atoms with van der Waals surface area (Å²) in [5, 5.41) is 11.7. The third-order valence-corrected chi connectivity index (χ3v) is 4.58. The minimum atomic E-state index is 0.555. The van der Waals surface area contributed by atoms with Crippen LogP contribution in [0.15, 0.2) is 52.1 Å². The van der Waals surface area contributed by atoms with Crippen LogP contribution in [0.25, 0.3) is 0 Å². The Morgan fingerprint density at radius 3 is 2.59 bits per heavy atom. The number of furan rings is 1. The second-order valence-electron chi connectivity index (χ2n) is 6.56. The normalized spacial score (nSPS) is 11.6. The van der Waals surface area contributed by atoms with E-state index in [0.29, 0.717) is 19.6 Å². The van der Waals surface area contributed by atoms with Crippen molar-refractivity contribution in [2.45, 2.75) is 33.5 Å². The van der Waals surface area contributed by atoms with Crippen molar-refractivity contribution in [1.29, 1.82) is 0 Å². The quantitative estimate of drug-likeness (QED) is 0.536. The zero-order chi connectivity index (χ0) is 19.2. The van der Waals surface area contributed by atoms with Gasteiger partial charge in [-0.2, -0.15) is 0 Å². The molecule has 0 saturated heterocycles. The summed E-state index contributed by atoms with van der Waals surface area (Å²) in [4.78, 5) is 6.89. The summed E-state index contributed by atoms with van der Waals surface area (Å²) in [6.07, 6.45) is 1.72. The van der Waals surface area contributed by atoms with Crippen LogP contribution in [0.3, 0.4) is 0 Å². The first-order chi connectivity index (χ1) is 13.0. The molecule has 1 N–H and O–H groups in total. The second-order valence-corrected chi connectivity index (χ2v) is 6.56. The number of hydrogen-bond acceptors (Lipinski definition) is 4. The largest absolute Gasteiger partial charge is 0.469 e. The van der Waals surface area contributed by atoms with E-state index in [0.717, 1.165) is 28.9 Å². The van der Waals surface area contributed by atoms with Crippen molar-refractivity contribution < 1.29 is 4.42 Å². The Bertz CT molecular complexity index is 896. The number of hydrogen-bond donors (Lipinski definition) is 1. The first-order valence-electron chi connectivity index (χ1n) is 8.96. The van der Waals surface area contributed by atoms with Crippen molar-refractivity contribution in [2.75, 3.05) is 7.05 Å². The highest BCUT2D eigenvalue weighted by molar-refractivity contribution is 5.79. The minimum Gasteiger partial charge on any atom is -0.469 e. The van der Waals surface area contributed by atoms with E-state index >= 15 is 0 Å². The Hall–Kier alpha value is -3.09. The van der Waals surface area contributed by atoms with Gasteiger partial charge in [-0.25, -0.2) is 4.99 Å². The molecule has 0 aliphatic heterocycles. The topological polar surface area (TPSA) is 71.5 Å². The first-order valence-corrected chi connectivity index (χ1v) is 8.96. The number of nitrogens with zero attached hydrogens (tertiary/aromatic N) is 5. The van der Waals surface area contributed by atoms with E-state index < -0.39 is 0 Å². The van der Waals surface area contributed by atoms with E-state index in [1.165, 1.54) is 5.56 Å². The zero-order valence-corrected chi connectivity index (χ0v) is 16.3. The Morgan fingerprint density at radius 2 is 1.96 bits per heavy atom. The summed E-state index contributed by atoms with van der Waals surface area (Å²) in [6, 6.07) is 12.2. The lowest BCUT2D eigenvalue weighted by molar-refractivity contribution is 0.460. The molecule has 0 radical (unpaired) electrons. The molecule has 2 aromatic heterocycles. The number of nitrogens with one attached hydrogen (secondary N) is 1. The molecule has 0 fully saturated rings. The molecule has 0 unspecified atom stereocenters. The Labute approximate surface area is 159 Å². The summed E-state index contributed by atoms with van der Waals surface area (Å²) < 4.78 is 7.39. The summed E-state index contributed by atoms with van der Waals surface area (Å²) >= 11 is 0. The van der Waals surface area contributed by atoms with E-state index in [1.54, 1.807) is 6.26 Å². The van der Waals surface area contributed by atoms with E-state index in [1.807, 2.05) is 56.8 Å². The summed E-state index contributed by atoms with van der Waals surface area (Å²) in [7, 11) is 3.98. The first kappa shape index (κ1) is 18.7. The molecule has 142 valence electrons. The highest BCUT2D eigenvalue weighted by atomic mass is 16.3. The number of rotatable bonds is 6. The lowest BCUT2D eigenvalue weighted by Gasteiger charge is -2.22.